The summed E-state index contributed by atoms with van der Waals surface area (Å²) in [7, 11) is 0. The molecular formula is C19H19ClN4OS. The highest BCUT2D eigenvalue weighted by Gasteiger charge is 2.14. The van der Waals surface area contributed by atoms with Gasteiger partial charge in [0.15, 0.2) is 5.17 Å². The van der Waals surface area contributed by atoms with Crippen LogP contribution in [0.25, 0.3) is 0 Å². The van der Waals surface area contributed by atoms with E-state index >= 15 is 0 Å². The van der Waals surface area contributed by atoms with Crippen molar-refractivity contribution in [3.8, 4) is 0 Å². The fraction of sp³-hybridized carbons (Fsp3) is 0.211. The molecule has 0 aromatic heterocycles. The van der Waals surface area contributed by atoms with Crippen LogP contribution in [0.1, 0.15) is 19.4 Å². The highest BCUT2D eigenvalue weighted by molar-refractivity contribution is 8.14. The lowest BCUT2D eigenvalue weighted by Gasteiger charge is -2.15. The molecule has 1 aliphatic heterocycles. The molecule has 2 N–H and O–H groups in total. The molecule has 26 heavy (non-hydrogen) atoms. The van der Waals surface area contributed by atoms with E-state index in [4.69, 9.17) is 11.6 Å². The maximum atomic E-state index is 11.7. The zero-order chi connectivity index (χ0) is 18.5. The van der Waals surface area contributed by atoms with Gasteiger partial charge in [-0.25, -0.2) is 4.99 Å². The Kier molecular flexibility index (Phi) is 5.96. The van der Waals surface area contributed by atoms with E-state index in [1.165, 1.54) is 0 Å². The average molecular weight is 387 g/mol. The number of benzene rings is 2. The Morgan fingerprint density at radius 2 is 2.04 bits per heavy atom. The summed E-state index contributed by atoms with van der Waals surface area (Å²) in [6, 6.07) is 15.1. The minimum Gasteiger partial charge on any atom is -0.326 e. The molecule has 1 aliphatic rings. The molecule has 0 saturated heterocycles. The van der Waals surface area contributed by atoms with Crippen LogP contribution in [0.2, 0.25) is 5.02 Å². The Balaban J connectivity index is 1.66. The third-order valence-electron chi connectivity index (χ3n) is 3.68. The van der Waals surface area contributed by atoms with Gasteiger partial charge in [0.25, 0.3) is 0 Å². The van der Waals surface area contributed by atoms with Gasteiger partial charge in [0, 0.05) is 22.4 Å². The Hall–Kier alpha value is -2.31. The number of thioether (sulfide) groups is 1. The van der Waals surface area contributed by atoms with Gasteiger partial charge in [-0.3, -0.25) is 10.2 Å². The molecule has 3 rings (SSSR count). The van der Waals surface area contributed by atoms with Gasteiger partial charge in [-0.1, -0.05) is 55.4 Å². The standard InChI is InChI=1S/C19H19ClN4OS/c1-12(2)18(25)21-15-8-6-13(7-9-15)17-11-26-19(24-23-17)22-16-5-3-4-14(20)10-16/h3-10,12H,11H2,1-2H3,(H,21,25)(H,22,24). The van der Waals surface area contributed by atoms with Gasteiger partial charge >= 0.3 is 0 Å². The van der Waals surface area contributed by atoms with E-state index in [1.807, 2.05) is 56.3 Å². The van der Waals surface area contributed by atoms with Crippen molar-refractivity contribution in [3.63, 3.8) is 0 Å². The number of nitrogens with one attached hydrogen (secondary N) is 2. The minimum absolute atomic E-state index is 0.00634. The van der Waals surface area contributed by atoms with Gasteiger partial charge in [-0.2, -0.15) is 5.10 Å². The molecule has 2 aromatic carbocycles. The van der Waals surface area contributed by atoms with Gasteiger partial charge in [0.05, 0.1) is 11.4 Å². The summed E-state index contributed by atoms with van der Waals surface area (Å²) in [6.45, 7) is 3.73. The van der Waals surface area contributed by atoms with Crippen LogP contribution in [0.4, 0.5) is 11.4 Å². The molecule has 7 heteroatoms. The van der Waals surface area contributed by atoms with Crippen LogP contribution in [0, 0.1) is 5.92 Å². The molecule has 0 saturated carbocycles. The first-order valence-corrected chi connectivity index (χ1v) is 9.58. The average Bonchev–Trinajstić information content (AvgIpc) is 2.63. The Labute approximate surface area is 161 Å². The Morgan fingerprint density at radius 1 is 1.27 bits per heavy atom. The van der Waals surface area contributed by atoms with Crippen LogP contribution < -0.4 is 10.7 Å². The van der Waals surface area contributed by atoms with Crippen LogP contribution in [0.3, 0.4) is 0 Å². The van der Waals surface area contributed by atoms with E-state index in [9.17, 15) is 4.79 Å². The van der Waals surface area contributed by atoms with Gasteiger partial charge in [-0.05, 0) is 35.9 Å². The first-order chi connectivity index (χ1) is 12.5. The van der Waals surface area contributed by atoms with E-state index < -0.39 is 0 Å². The maximum Gasteiger partial charge on any atom is 0.226 e. The molecule has 0 unspecified atom stereocenters. The molecule has 1 amide bonds. The van der Waals surface area contributed by atoms with Gasteiger partial charge in [0.1, 0.15) is 0 Å². The third kappa shape index (κ3) is 4.86. The summed E-state index contributed by atoms with van der Waals surface area (Å²) >= 11 is 7.56. The van der Waals surface area contributed by atoms with Gasteiger partial charge in [-0.15, -0.1) is 0 Å². The number of nitrogens with zero attached hydrogens (tertiary/aromatic N) is 2. The Bertz CT molecular complexity index is 862. The first kappa shape index (κ1) is 18.5. The van der Waals surface area contributed by atoms with E-state index in [-0.39, 0.29) is 11.8 Å². The lowest BCUT2D eigenvalue weighted by atomic mass is 10.1. The number of halogens is 1. The second-order valence-corrected chi connectivity index (χ2v) is 7.48. The second kappa shape index (κ2) is 8.38. The molecule has 0 bridgehead atoms. The number of anilines is 1. The SMILES string of the molecule is CC(C)C(=O)Nc1ccc(C2=NNC(=Nc3cccc(Cl)c3)SC2)cc1. The van der Waals surface area contributed by atoms with Crippen LogP contribution in [0.15, 0.2) is 58.6 Å². The molecule has 5 nitrogen and oxygen atoms in total. The van der Waals surface area contributed by atoms with Crippen LogP contribution in [-0.4, -0.2) is 22.5 Å². The first-order valence-electron chi connectivity index (χ1n) is 8.22. The number of amides is 1. The normalized spacial score (nSPS) is 15.5. The molecule has 2 aromatic rings. The van der Waals surface area contributed by atoms with Gasteiger partial charge < -0.3 is 5.32 Å². The molecule has 0 spiro atoms. The number of aliphatic imine (C=N–C) groups is 1. The van der Waals surface area contributed by atoms with E-state index in [2.05, 4.69) is 20.8 Å². The maximum absolute atomic E-state index is 11.7. The van der Waals surface area contributed by atoms with E-state index in [1.54, 1.807) is 17.8 Å². The van der Waals surface area contributed by atoms with Crippen molar-refractivity contribution in [1.29, 1.82) is 0 Å². The quantitative estimate of drug-likeness (QED) is 0.802. The summed E-state index contributed by atoms with van der Waals surface area (Å²) in [5.74, 6) is 0.673. The fourth-order valence-electron chi connectivity index (χ4n) is 2.22. The fourth-order valence-corrected chi connectivity index (χ4v) is 3.19. The van der Waals surface area contributed by atoms with Crippen molar-refractivity contribution in [3.05, 3.63) is 59.1 Å². The largest absolute Gasteiger partial charge is 0.326 e. The zero-order valence-electron chi connectivity index (χ0n) is 14.5. The number of rotatable bonds is 4. The number of hydrogen-bond acceptors (Lipinski definition) is 4. The Morgan fingerprint density at radius 3 is 2.65 bits per heavy atom. The molecule has 0 fully saturated rings. The topological polar surface area (TPSA) is 65.8 Å². The lowest BCUT2D eigenvalue weighted by Crippen LogP contribution is -2.25. The number of hydrazone groups is 1. The summed E-state index contributed by atoms with van der Waals surface area (Å²) in [5.41, 5.74) is 6.50. The van der Waals surface area contributed by atoms with Crippen molar-refractivity contribution in [2.45, 2.75) is 13.8 Å². The summed E-state index contributed by atoms with van der Waals surface area (Å²) < 4.78 is 0. The number of hydrogen-bond donors (Lipinski definition) is 2. The van der Waals surface area contributed by atoms with Crippen molar-refractivity contribution in [1.82, 2.24) is 5.43 Å². The molecule has 134 valence electrons. The zero-order valence-corrected chi connectivity index (χ0v) is 16.1. The van der Waals surface area contributed by atoms with Crippen LogP contribution in [0.5, 0.6) is 0 Å². The molecule has 0 atom stereocenters. The highest BCUT2D eigenvalue weighted by atomic mass is 35.5. The predicted molar refractivity (Wildman–Crippen MR) is 111 cm³/mol. The molecule has 0 radical (unpaired) electrons. The van der Waals surface area contributed by atoms with Crippen molar-refractivity contribution >= 4 is 51.5 Å². The monoisotopic (exact) mass is 386 g/mol. The minimum atomic E-state index is -0.0461. The molecule has 1 heterocycles. The van der Waals surface area contributed by atoms with Crippen LogP contribution in [-0.2, 0) is 4.79 Å². The highest BCUT2D eigenvalue weighted by Crippen LogP contribution is 2.22. The summed E-state index contributed by atoms with van der Waals surface area (Å²) in [5, 5.41) is 8.68. The second-order valence-electron chi connectivity index (χ2n) is 6.08. The predicted octanol–water partition coefficient (Wildman–Crippen LogP) is 4.66. The van der Waals surface area contributed by atoms with Crippen molar-refractivity contribution in [2.75, 3.05) is 11.1 Å². The smallest absolute Gasteiger partial charge is 0.226 e. The third-order valence-corrected chi connectivity index (χ3v) is 4.79. The molecular weight excluding hydrogens is 368 g/mol. The van der Waals surface area contributed by atoms with Crippen molar-refractivity contribution in [2.24, 2.45) is 16.0 Å². The molecule has 0 aliphatic carbocycles. The number of amidine groups is 1. The summed E-state index contributed by atoms with van der Waals surface area (Å²) in [4.78, 5) is 16.2. The van der Waals surface area contributed by atoms with Crippen molar-refractivity contribution < 1.29 is 4.79 Å². The summed E-state index contributed by atoms with van der Waals surface area (Å²) in [6.07, 6.45) is 0. The van der Waals surface area contributed by atoms with Crippen LogP contribution >= 0.6 is 23.4 Å². The van der Waals surface area contributed by atoms with E-state index in [0.717, 1.165) is 27.8 Å². The number of carbonyl (C=O) groups is 1. The lowest BCUT2D eigenvalue weighted by molar-refractivity contribution is -0.118. The van der Waals surface area contributed by atoms with E-state index in [0.29, 0.717) is 10.8 Å². The number of carbonyl (C=O) groups excluding carboxylic acids is 1. The van der Waals surface area contributed by atoms with Gasteiger partial charge in [0.2, 0.25) is 5.91 Å².